The van der Waals surface area contributed by atoms with Gasteiger partial charge < -0.3 is 14.7 Å². The highest BCUT2D eigenvalue weighted by atomic mass is 35.5. The molecule has 27 heavy (non-hydrogen) atoms. The molecule has 0 aromatic carbocycles. The van der Waals surface area contributed by atoms with Crippen LogP contribution in [0.5, 0.6) is 0 Å². The molecule has 0 aliphatic carbocycles. The zero-order valence-electron chi connectivity index (χ0n) is 14.1. The van der Waals surface area contributed by atoms with E-state index in [1.54, 1.807) is 11.3 Å². The zero-order valence-corrected chi connectivity index (χ0v) is 16.5. The van der Waals surface area contributed by atoms with E-state index in [1.165, 1.54) is 11.8 Å². The number of imidazole rings is 1. The second kappa shape index (κ2) is 7.71. The Morgan fingerprint density at radius 2 is 2.15 bits per heavy atom. The smallest absolute Gasteiger partial charge is 0.219 e. The quantitative estimate of drug-likeness (QED) is 0.464. The fourth-order valence-corrected chi connectivity index (χ4v) is 4.37. The second-order valence-corrected chi connectivity index (χ2v) is 8.11. The number of nitrogens with two attached hydrogens (primary N) is 1. The van der Waals surface area contributed by atoms with Gasteiger partial charge in [0.25, 0.3) is 0 Å². The Morgan fingerprint density at radius 1 is 1.26 bits per heavy atom. The average molecular weight is 419 g/mol. The van der Waals surface area contributed by atoms with Crippen molar-refractivity contribution in [3.63, 3.8) is 0 Å². The number of carbonyl (C=O) groups excluding carboxylic acids is 1. The molecule has 0 aliphatic rings. The lowest BCUT2D eigenvalue weighted by Crippen LogP contribution is -2.14. The molecule has 4 heterocycles. The van der Waals surface area contributed by atoms with Crippen molar-refractivity contribution in [3.05, 3.63) is 52.8 Å². The third kappa shape index (κ3) is 4.00. The summed E-state index contributed by atoms with van der Waals surface area (Å²) in [5.41, 5.74) is 7.07. The predicted molar refractivity (Wildman–Crippen MR) is 107 cm³/mol. The van der Waals surface area contributed by atoms with Gasteiger partial charge in [-0.15, -0.1) is 21.5 Å². The Bertz CT molecular complexity index is 1090. The first-order valence-corrected chi connectivity index (χ1v) is 10.4. The molecule has 1 amide bonds. The number of amides is 1. The van der Waals surface area contributed by atoms with Gasteiger partial charge in [-0.05, 0) is 23.6 Å². The van der Waals surface area contributed by atoms with Crippen LogP contribution in [0.15, 0.2) is 47.2 Å². The first kappa shape index (κ1) is 18.0. The molecular formula is C17H15ClN6OS2. The summed E-state index contributed by atoms with van der Waals surface area (Å²) < 4.78 is 3.83. The number of thioether (sulfide) groups is 1. The number of rotatable bonds is 7. The molecule has 0 saturated carbocycles. The minimum atomic E-state index is -0.353. The highest BCUT2D eigenvalue weighted by molar-refractivity contribution is 7.98. The molecule has 0 radical (unpaired) electrons. The first-order chi connectivity index (χ1) is 13.1. The van der Waals surface area contributed by atoms with Crippen LogP contribution in [0.3, 0.4) is 0 Å². The summed E-state index contributed by atoms with van der Waals surface area (Å²) in [5, 5.41) is 12.0. The van der Waals surface area contributed by atoms with Crippen LogP contribution >= 0.6 is 34.7 Å². The molecule has 7 nitrogen and oxygen atoms in total. The molecule has 4 rings (SSSR count). The summed E-state index contributed by atoms with van der Waals surface area (Å²) in [6.45, 7) is 0.443. The van der Waals surface area contributed by atoms with E-state index in [1.807, 2.05) is 51.0 Å². The van der Waals surface area contributed by atoms with Gasteiger partial charge >= 0.3 is 0 Å². The van der Waals surface area contributed by atoms with Gasteiger partial charge in [0.2, 0.25) is 5.91 Å². The molecule has 4 aromatic heterocycles. The maximum Gasteiger partial charge on any atom is 0.219 e. The zero-order chi connectivity index (χ0) is 18.8. The first-order valence-electron chi connectivity index (χ1n) is 8.11. The van der Waals surface area contributed by atoms with E-state index >= 15 is 0 Å². The summed E-state index contributed by atoms with van der Waals surface area (Å²) in [6.07, 6.45) is 4.00. The fourth-order valence-electron chi connectivity index (χ4n) is 2.63. The Labute approximate surface area is 168 Å². The van der Waals surface area contributed by atoms with Gasteiger partial charge in [-0.3, -0.25) is 4.79 Å². The molecule has 0 spiro atoms. The van der Waals surface area contributed by atoms with Crippen LogP contribution in [0, 0.1) is 0 Å². The predicted octanol–water partition coefficient (Wildman–Crippen LogP) is 3.48. The van der Waals surface area contributed by atoms with Crippen molar-refractivity contribution in [2.24, 2.45) is 5.73 Å². The minimum Gasteiger partial charge on any atom is -0.370 e. The maximum absolute atomic E-state index is 11.3. The van der Waals surface area contributed by atoms with Crippen molar-refractivity contribution >= 4 is 46.3 Å². The number of nitrogens with zero attached hydrogens (tertiary/aromatic N) is 5. The SMILES string of the molecule is NC(=O)CCn1c(SCc2cn3cc(Cl)ccc3n2)nnc1-c1cccs1. The lowest BCUT2D eigenvalue weighted by Gasteiger charge is -2.07. The Balaban J connectivity index is 1.57. The number of halogens is 1. The summed E-state index contributed by atoms with van der Waals surface area (Å²) >= 11 is 9.12. The molecular weight excluding hydrogens is 404 g/mol. The molecule has 0 unspecified atom stereocenters. The van der Waals surface area contributed by atoms with Crippen molar-refractivity contribution in [1.29, 1.82) is 0 Å². The van der Waals surface area contributed by atoms with Crippen LogP contribution < -0.4 is 5.73 Å². The Hall–Kier alpha value is -2.36. The summed E-state index contributed by atoms with van der Waals surface area (Å²) in [6, 6.07) is 7.63. The number of carbonyl (C=O) groups is 1. The third-order valence-electron chi connectivity index (χ3n) is 3.85. The van der Waals surface area contributed by atoms with Crippen LogP contribution in [0.1, 0.15) is 12.1 Å². The van der Waals surface area contributed by atoms with Crippen LogP contribution in [-0.4, -0.2) is 30.1 Å². The lowest BCUT2D eigenvalue weighted by molar-refractivity contribution is -0.118. The lowest BCUT2D eigenvalue weighted by atomic mass is 10.4. The molecule has 2 N–H and O–H groups in total. The maximum atomic E-state index is 11.3. The largest absolute Gasteiger partial charge is 0.370 e. The van der Waals surface area contributed by atoms with Crippen LogP contribution in [0.2, 0.25) is 5.02 Å². The van der Waals surface area contributed by atoms with E-state index in [0.717, 1.165) is 27.2 Å². The number of hydrogen-bond acceptors (Lipinski definition) is 6. The molecule has 4 aromatic rings. The number of hydrogen-bond donors (Lipinski definition) is 1. The molecule has 0 bridgehead atoms. The Kier molecular flexibility index (Phi) is 5.15. The van der Waals surface area contributed by atoms with Gasteiger partial charge in [-0.25, -0.2) is 4.98 Å². The third-order valence-corrected chi connectivity index (χ3v) is 5.94. The number of pyridine rings is 1. The molecule has 10 heteroatoms. The van der Waals surface area contributed by atoms with Crippen molar-refractivity contribution in [2.45, 2.75) is 23.9 Å². The Morgan fingerprint density at radius 3 is 2.93 bits per heavy atom. The van der Waals surface area contributed by atoms with E-state index in [2.05, 4.69) is 15.2 Å². The van der Waals surface area contributed by atoms with E-state index in [9.17, 15) is 4.79 Å². The molecule has 0 atom stereocenters. The van der Waals surface area contributed by atoms with Crippen molar-refractivity contribution < 1.29 is 4.79 Å². The van der Waals surface area contributed by atoms with Gasteiger partial charge in [0, 0.05) is 31.1 Å². The normalized spacial score (nSPS) is 11.3. The van der Waals surface area contributed by atoms with E-state index in [0.29, 0.717) is 17.3 Å². The van der Waals surface area contributed by atoms with Gasteiger partial charge in [0.1, 0.15) is 5.65 Å². The van der Waals surface area contributed by atoms with Crippen LogP contribution in [0.4, 0.5) is 0 Å². The van der Waals surface area contributed by atoms with Gasteiger partial charge in [0.05, 0.1) is 15.6 Å². The summed E-state index contributed by atoms with van der Waals surface area (Å²) in [4.78, 5) is 16.8. The van der Waals surface area contributed by atoms with Crippen LogP contribution in [-0.2, 0) is 17.1 Å². The van der Waals surface area contributed by atoms with E-state index in [4.69, 9.17) is 17.3 Å². The van der Waals surface area contributed by atoms with E-state index in [-0.39, 0.29) is 12.3 Å². The highest BCUT2D eigenvalue weighted by Gasteiger charge is 2.16. The van der Waals surface area contributed by atoms with Gasteiger partial charge in [0.15, 0.2) is 11.0 Å². The van der Waals surface area contributed by atoms with E-state index < -0.39 is 0 Å². The molecule has 138 valence electrons. The average Bonchev–Trinajstić information content (AvgIpc) is 3.36. The summed E-state index contributed by atoms with van der Waals surface area (Å²) in [7, 11) is 0. The standard InChI is InChI=1S/C17H15ClN6OS2/c18-11-3-4-15-20-12(9-23(15)8-11)10-27-17-22-21-16(13-2-1-7-26-13)24(17)6-5-14(19)25/h1-4,7-9H,5-6,10H2,(H2,19,25). The van der Waals surface area contributed by atoms with Gasteiger partial charge in [-0.1, -0.05) is 29.4 Å². The number of thiophene rings is 1. The van der Waals surface area contributed by atoms with Crippen LogP contribution in [0.25, 0.3) is 16.3 Å². The number of aromatic nitrogens is 5. The molecule has 0 saturated heterocycles. The monoisotopic (exact) mass is 418 g/mol. The second-order valence-electron chi connectivity index (χ2n) is 5.79. The summed E-state index contributed by atoms with van der Waals surface area (Å²) in [5.74, 6) is 1.02. The molecule has 0 aliphatic heterocycles. The van der Waals surface area contributed by atoms with Crippen molar-refractivity contribution in [1.82, 2.24) is 24.1 Å². The number of primary amides is 1. The fraction of sp³-hybridized carbons (Fsp3) is 0.176. The number of fused-ring (bicyclic) bond motifs is 1. The highest BCUT2D eigenvalue weighted by Crippen LogP contribution is 2.29. The minimum absolute atomic E-state index is 0.233. The topological polar surface area (TPSA) is 91.1 Å². The van der Waals surface area contributed by atoms with Crippen molar-refractivity contribution in [3.8, 4) is 10.7 Å². The van der Waals surface area contributed by atoms with Crippen molar-refractivity contribution in [2.75, 3.05) is 0 Å². The molecule has 0 fully saturated rings. The van der Waals surface area contributed by atoms with Gasteiger partial charge in [-0.2, -0.15) is 0 Å².